The van der Waals surface area contributed by atoms with Gasteiger partial charge in [-0.3, -0.25) is 4.72 Å². The van der Waals surface area contributed by atoms with Crippen molar-refractivity contribution in [3.05, 3.63) is 24.3 Å². The zero-order valence-electron chi connectivity index (χ0n) is 10.7. The standard InChI is InChI=1S/C12H17N3O3S/c1-2-12(9-14)19(16,17)15-10-3-5-11(6-4-10)18-8-7-13/h3-6,12,15H,2,7-8,13H2,1H3. The molecule has 0 heterocycles. The maximum atomic E-state index is 11.8. The fraction of sp³-hybridized carbons (Fsp3) is 0.417. The van der Waals surface area contributed by atoms with Gasteiger partial charge in [-0.05, 0) is 30.7 Å². The molecule has 0 bridgehead atoms. The molecule has 0 saturated carbocycles. The molecule has 0 aliphatic carbocycles. The van der Waals surface area contributed by atoms with Gasteiger partial charge in [-0.25, -0.2) is 8.42 Å². The van der Waals surface area contributed by atoms with E-state index in [1.807, 2.05) is 0 Å². The number of nitriles is 1. The van der Waals surface area contributed by atoms with Crippen molar-refractivity contribution in [3.8, 4) is 11.8 Å². The van der Waals surface area contributed by atoms with E-state index in [-0.39, 0.29) is 6.42 Å². The van der Waals surface area contributed by atoms with E-state index in [4.69, 9.17) is 15.7 Å². The molecule has 0 spiro atoms. The molecular weight excluding hydrogens is 266 g/mol. The van der Waals surface area contributed by atoms with Crippen molar-refractivity contribution in [1.82, 2.24) is 0 Å². The molecule has 1 atom stereocenters. The Kier molecular flexibility index (Phi) is 5.60. The highest BCUT2D eigenvalue weighted by Gasteiger charge is 2.23. The number of anilines is 1. The Balaban J connectivity index is 2.75. The highest BCUT2D eigenvalue weighted by molar-refractivity contribution is 7.93. The van der Waals surface area contributed by atoms with E-state index < -0.39 is 15.3 Å². The van der Waals surface area contributed by atoms with Crippen LogP contribution in [0.4, 0.5) is 5.69 Å². The fourth-order valence-electron chi connectivity index (χ4n) is 1.41. The monoisotopic (exact) mass is 283 g/mol. The quantitative estimate of drug-likeness (QED) is 0.778. The maximum Gasteiger partial charge on any atom is 0.249 e. The molecule has 0 saturated heterocycles. The number of nitrogens with one attached hydrogen (secondary N) is 1. The van der Waals surface area contributed by atoms with E-state index in [1.165, 1.54) is 0 Å². The van der Waals surface area contributed by atoms with Gasteiger partial charge in [0, 0.05) is 12.2 Å². The van der Waals surface area contributed by atoms with Crippen LogP contribution >= 0.6 is 0 Å². The number of ether oxygens (including phenoxy) is 1. The third-order valence-corrected chi connectivity index (χ3v) is 4.10. The van der Waals surface area contributed by atoms with Crippen molar-refractivity contribution < 1.29 is 13.2 Å². The largest absolute Gasteiger partial charge is 0.492 e. The number of benzene rings is 1. The summed E-state index contributed by atoms with van der Waals surface area (Å²) in [6, 6.07) is 8.20. The topological polar surface area (TPSA) is 105 Å². The van der Waals surface area contributed by atoms with E-state index in [9.17, 15) is 8.42 Å². The van der Waals surface area contributed by atoms with Crippen LogP contribution in [0.25, 0.3) is 0 Å². The number of nitrogens with zero attached hydrogens (tertiary/aromatic N) is 1. The van der Waals surface area contributed by atoms with Gasteiger partial charge in [0.25, 0.3) is 0 Å². The van der Waals surface area contributed by atoms with Gasteiger partial charge in [0.15, 0.2) is 5.25 Å². The Morgan fingerprint density at radius 2 is 2.05 bits per heavy atom. The van der Waals surface area contributed by atoms with E-state index in [1.54, 1.807) is 37.3 Å². The molecule has 1 unspecified atom stereocenters. The van der Waals surface area contributed by atoms with E-state index in [2.05, 4.69) is 4.72 Å². The minimum atomic E-state index is -3.68. The average Bonchev–Trinajstić information content (AvgIpc) is 2.38. The van der Waals surface area contributed by atoms with Crippen molar-refractivity contribution >= 4 is 15.7 Å². The summed E-state index contributed by atoms with van der Waals surface area (Å²) in [5.74, 6) is 0.612. The zero-order chi connectivity index (χ0) is 14.3. The first-order valence-corrected chi connectivity index (χ1v) is 7.42. The summed E-state index contributed by atoms with van der Waals surface area (Å²) < 4.78 is 31.3. The second-order valence-electron chi connectivity index (χ2n) is 3.83. The predicted molar refractivity (Wildman–Crippen MR) is 73.2 cm³/mol. The normalized spacial score (nSPS) is 12.5. The average molecular weight is 283 g/mol. The molecule has 7 heteroatoms. The molecular formula is C12H17N3O3S. The minimum absolute atomic E-state index is 0.240. The Morgan fingerprint density at radius 1 is 1.42 bits per heavy atom. The predicted octanol–water partition coefficient (Wildman–Crippen LogP) is 1.07. The molecule has 0 aliphatic rings. The number of hydrogen-bond donors (Lipinski definition) is 2. The van der Waals surface area contributed by atoms with Crippen LogP contribution in [0, 0.1) is 11.3 Å². The first kappa shape index (κ1) is 15.3. The second-order valence-corrected chi connectivity index (χ2v) is 5.70. The molecule has 0 radical (unpaired) electrons. The number of sulfonamides is 1. The number of nitrogens with two attached hydrogens (primary N) is 1. The molecule has 0 aliphatic heterocycles. The van der Waals surface area contributed by atoms with Crippen molar-refractivity contribution in [2.45, 2.75) is 18.6 Å². The van der Waals surface area contributed by atoms with Gasteiger partial charge < -0.3 is 10.5 Å². The van der Waals surface area contributed by atoms with Crippen LogP contribution in [-0.4, -0.2) is 26.8 Å². The Hall–Kier alpha value is -1.78. The van der Waals surface area contributed by atoms with Crippen molar-refractivity contribution in [2.24, 2.45) is 5.73 Å². The molecule has 0 aromatic heterocycles. The minimum Gasteiger partial charge on any atom is -0.492 e. The fourth-order valence-corrected chi connectivity index (χ4v) is 2.60. The molecule has 1 rings (SSSR count). The summed E-state index contributed by atoms with van der Waals surface area (Å²) in [4.78, 5) is 0. The molecule has 1 aromatic rings. The molecule has 1 aromatic carbocycles. The van der Waals surface area contributed by atoms with Gasteiger partial charge in [0.05, 0.1) is 6.07 Å². The lowest BCUT2D eigenvalue weighted by atomic mass is 10.3. The lowest BCUT2D eigenvalue weighted by molar-refractivity contribution is 0.328. The SMILES string of the molecule is CCC(C#N)S(=O)(=O)Nc1ccc(OCCN)cc1. The maximum absolute atomic E-state index is 11.8. The Morgan fingerprint density at radius 3 is 2.53 bits per heavy atom. The first-order chi connectivity index (χ1) is 9.03. The zero-order valence-corrected chi connectivity index (χ0v) is 11.5. The summed E-state index contributed by atoms with van der Waals surface area (Å²) >= 11 is 0. The van der Waals surface area contributed by atoms with E-state index in [0.29, 0.717) is 24.6 Å². The number of hydrogen-bond acceptors (Lipinski definition) is 5. The van der Waals surface area contributed by atoms with Crippen LogP contribution in [0.5, 0.6) is 5.75 Å². The van der Waals surface area contributed by atoms with Crippen LogP contribution in [0.15, 0.2) is 24.3 Å². The Bertz CT molecular complexity index is 534. The third-order valence-electron chi connectivity index (χ3n) is 2.39. The summed E-state index contributed by atoms with van der Waals surface area (Å²) in [7, 11) is -3.68. The first-order valence-electron chi connectivity index (χ1n) is 5.87. The molecule has 3 N–H and O–H groups in total. The molecule has 0 fully saturated rings. The highest BCUT2D eigenvalue weighted by atomic mass is 32.2. The van der Waals surface area contributed by atoms with Gasteiger partial charge in [0.1, 0.15) is 12.4 Å². The van der Waals surface area contributed by atoms with Gasteiger partial charge in [-0.15, -0.1) is 0 Å². The highest BCUT2D eigenvalue weighted by Crippen LogP contribution is 2.18. The molecule has 104 valence electrons. The Labute approximate surface area is 113 Å². The second kappa shape index (κ2) is 6.97. The molecule has 0 amide bonds. The van der Waals surface area contributed by atoms with Gasteiger partial charge in [-0.1, -0.05) is 6.92 Å². The summed E-state index contributed by atoms with van der Waals surface area (Å²) in [5.41, 5.74) is 5.70. The lowest BCUT2D eigenvalue weighted by Gasteiger charge is -2.11. The van der Waals surface area contributed by atoms with Crippen LogP contribution in [0.2, 0.25) is 0 Å². The van der Waals surface area contributed by atoms with Crippen LogP contribution in [0.3, 0.4) is 0 Å². The van der Waals surface area contributed by atoms with Gasteiger partial charge in [0.2, 0.25) is 10.0 Å². The van der Waals surface area contributed by atoms with Crippen LogP contribution in [-0.2, 0) is 10.0 Å². The summed E-state index contributed by atoms with van der Waals surface area (Å²) in [5, 5.41) is 7.72. The van der Waals surface area contributed by atoms with Gasteiger partial charge >= 0.3 is 0 Å². The smallest absolute Gasteiger partial charge is 0.249 e. The number of rotatable bonds is 7. The lowest BCUT2D eigenvalue weighted by Crippen LogP contribution is -2.25. The van der Waals surface area contributed by atoms with Crippen molar-refractivity contribution in [3.63, 3.8) is 0 Å². The van der Waals surface area contributed by atoms with E-state index in [0.717, 1.165) is 0 Å². The molecule has 19 heavy (non-hydrogen) atoms. The third kappa shape index (κ3) is 4.43. The summed E-state index contributed by atoms with van der Waals surface area (Å²) in [6.45, 7) is 2.46. The van der Waals surface area contributed by atoms with Crippen molar-refractivity contribution in [1.29, 1.82) is 5.26 Å². The summed E-state index contributed by atoms with van der Waals surface area (Å²) in [6.07, 6.45) is 0.240. The van der Waals surface area contributed by atoms with E-state index >= 15 is 0 Å². The van der Waals surface area contributed by atoms with Crippen LogP contribution in [0.1, 0.15) is 13.3 Å². The van der Waals surface area contributed by atoms with Crippen molar-refractivity contribution in [2.75, 3.05) is 17.9 Å². The van der Waals surface area contributed by atoms with Crippen LogP contribution < -0.4 is 15.2 Å². The van der Waals surface area contributed by atoms with Gasteiger partial charge in [-0.2, -0.15) is 5.26 Å². The molecule has 6 nitrogen and oxygen atoms in total.